The third-order valence-corrected chi connectivity index (χ3v) is 7.77. The Labute approximate surface area is 166 Å². The summed E-state index contributed by atoms with van der Waals surface area (Å²) >= 11 is 0. The van der Waals surface area contributed by atoms with Crippen molar-refractivity contribution in [1.82, 2.24) is 4.90 Å². The van der Waals surface area contributed by atoms with Crippen LogP contribution in [0.1, 0.15) is 91.4 Å². The van der Waals surface area contributed by atoms with E-state index in [1.54, 1.807) is 6.92 Å². The van der Waals surface area contributed by atoms with Crippen molar-refractivity contribution < 1.29 is 14.3 Å². The number of carbonyl (C=O) groups excluding carboxylic acids is 1. The summed E-state index contributed by atoms with van der Waals surface area (Å²) in [6, 6.07) is 0. The quantitative estimate of drug-likeness (QED) is 0.628. The fourth-order valence-corrected chi connectivity index (χ4v) is 5.86. The third kappa shape index (κ3) is 5.26. The lowest BCUT2D eigenvalue weighted by Gasteiger charge is -2.52. The molecule has 2 unspecified atom stereocenters. The van der Waals surface area contributed by atoms with Crippen molar-refractivity contribution in [2.75, 3.05) is 26.3 Å². The number of nitrogens with zero attached hydrogens (tertiary/aromatic N) is 1. The Morgan fingerprint density at radius 3 is 2.52 bits per heavy atom. The highest BCUT2D eigenvalue weighted by molar-refractivity contribution is 5.73. The molecule has 3 fully saturated rings. The van der Waals surface area contributed by atoms with E-state index in [2.05, 4.69) is 18.7 Å². The van der Waals surface area contributed by atoms with Gasteiger partial charge in [-0.1, -0.05) is 26.2 Å². The summed E-state index contributed by atoms with van der Waals surface area (Å²) in [4.78, 5) is 14.4. The first-order chi connectivity index (χ1) is 13.0. The summed E-state index contributed by atoms with van der Waals surface area (Å²) in [5.74, 6) is 1.01. The molecule has 1 amide bonds. The van der Waals surface area contributed by atoms with E-state index in [9.17, 15) is 4.79 Å². The van der Waals surface area contributed by atoms with Crippen molar-refractivity contribution >= 4 is 5.91 Å². The fraction of sp³-hybridized carbons (Fsp3) is 0.957. The van der Waals surface area contributed by atoms with Crippen LogP contribution in [0.4, 0.5) is 0 Å². The van der Waals surface area contributed by atoms with Crippen LogP contribution < -0.4 is 0 Å². The molecule has 0 aromatic carbocycles. The zero-order valence-electron chi connectivity index (χ0n) is 17.9. The Kier molecular flexibility index (Phi) is 7.24. The van der Waals surface area contributed by atoms with Gasteiger partial charge in [-0.25, -0.2) is 0 Å². The van der Waals surface area contributed by atoms with Crippen LogP contribution in [0.25, 0.3) is 0 Å². The molecule has 4 nitrogen and oxygen atoms in total. The summed E-state index contributed by atoms with van der Waals surface area (Å²) < 4.78 is 12.0. The first-order valence-corrected chi connectivity index (χ1v) is 11.5. The molecular weight excluding hydrogens is 338 g/mol. The van der Waals surface area contributed by atoms with Crippen molar-refractivity contribution in [2.24, 2.45) is 11.3 Å². The number of hydrogen-bond acceptors (Lipinski definition) is 3. The van der Waals surface area contributed by atoms with Crippen LogP contribution in [-0.2, 0) is 14.3 Å². The van der Waals surface area contributed by atoms with E-state index in [1.165, 1.54) is 38.5 Å². The van der Waals surface area contributed by atoms with E-state index >= 15 is 0 Å². The zero-order valence-corrected chi connectivity index (χ0v) is 17.9. The predicted molar refractivity (Wildman–Crippen MR) is 109 cm³/mol. The Hall–Kier alpha value is -0.610. The van der Waals surface area contributed by atoms with E-state index in [-0.39, 0.29) is 17.6 Å². The van der Waals surface area contributed by atoms with Crippen molar-refractivity contribution in [3.05, 3.63) is 0 Å². The zero-order chi connectivity index (χ0) is 19.3. The molecule has 2 aliphatic heterocycles. The van der Waals surface area contributed by atoms with Gasteiger partial charge in [0.15, 0.2) is 0 Å². The number of ether oxygens (including phenoxy) is 2. The number of rotatable bonds is 7. The summed E-state index contributed by atoms with van der Waals surface area (Å²) in [6.45, 7) is 9.68. The SMILES string of the molecule is CC[C@@]1(C)CC(CCN(CC2CCCO2)C(C)=O)(C2CCCCC2)CCO1. The van der Waals surface area contributed by atoms with Gasteiger partial charge in [-0.05, 0) is 69.6 Å². The second-order valence-electron chi connectivity index (χ2n) is 9.63. The lowest BCUT2D eigenvalue weighted by Crippen LogP contribution is -2.49. The number of amides is 1. The lowest BCUT2D eigenvalue weighted by atomic mass is 9.59. The van der Waals surface area contributed by atoms with Crippen molar-refractivity contribution in [2.45, 2.75) is 103 Å². The van der Waals surface area contributed by atoms with Gasteiger partial charge in [0.1, 0.15) is 0 Å². The molecule has 2 heterocycles. The van der Waals surface area contributed by atoms with E-state index in [0.29, 0.717) is 5.41 Å². The maximum Gasteiger partial charge on any atom is 0.219 e. The molecule has 4 heteroatoms. The standard InChI is InChI=1S/C23H41NO3/c1-4-22(3)18-23(13-16-27-22,20-9-6-5-7-10-20)12-14-24(19(2)25)17-21-11-8-15-26-21/h20-21H,4-18H2,1-3H3/t21?,22-,23?/m0/s1. The van der Waals surface area contributed by atoms with Crippen LogP contribution in [0.2, 0.25) is 0 Å². The summed E-state index contributed by atoms with van der Waals surface area (Å²) in [7, 11) is 0. The first kappa shape index (κ1) is 21.1. The molecule has 0 N–H and O–H groups in total. The highest BCUT2D eigenvalue weighted by atomic mass is 16.5. The molecular formula is C23H41NO3. The molecule has 0 aromatic heterocycles. The molecule has 3 atom stereocenters. The molecule has 3 aliphatic rings. The van der Waals surface area contributed by atoms with Crippen LogP contribution in [-0.4, -0.2) is 48.8 Å². The van der Waals surface area contributed by atoms with E-state index in [0.717, 1.165) is 64.3 Å². The molecule has 0 radical (unpaired) electrons. The van der Waals surface area contributed by atoms with Gasteiger partial charge in [0.25, 0.3) is 0 Å². The van der Waals surface area contributed by atoms with E-state index < -0.39 is 0 Å². The highest BCUT2D eigenvalue weighted by Gasteiger charge is 2.47. The van der Waals surface area contributed by atoms with Crippen molar-refractivity contribution in [3.63, 3.8) is 0 Å². The van der Waals surface area contributed by atoms with Gasteiger partial charge >= 0.3 is 0 Å². The summed E-state index contributed by atoms with van der Waals surface area (Å²) in [5, 5.41) is 0. The van der Waals surface area contributed by atoms with Gasteiger partial charge < -0.3 is 14.4 Å². The Morgan fingerprint density at radius 1 is 1.11 bits per heavy atom. The van der Waals surface area contributed by atoms with Gasteiger partial charge in [-0.2, -0.15) is 0 Å². The van der Waals surface area contributed by atoms with Crippen LogP contribution in [0.15, 0.2) is 0 Å². The Balaban J connectivity index is 1.70. The number of hydrogen-bond donors (Lipinski definition) is 0. The summed E-state index contributed by atoms with van der Waals surface area (Å²) in [5.41, 5.74) is 0.346. The van der Waals surface area contributed by atoms with Gasteiger partial charge in [0.05, 0.1) is 11.7 Å². The smallest absolute Gasteiger partial charge is 0.219 e. The third-order valence-electron chi connectivity index (χ3n) is 7.77. The number of carbonyl (C=O) groups is 1. The van der Waals surface area contributed by atoms with Gasteiger partial charge in [0.2, 0.25) is 5.91 Å². The van der Waals surface area contributed by atoms with E-state index in [1.807, 2.05) is 0 Å². The van der Waals surface area contributed by atoms with Crippen LogP contribution >= 0.6 is 0 Å². The van der Waals surface area contributed by atoms with Crippen molar-refractivity contribution in [1.29, 1.82) is 0 Å². The predicted octanol–water partition coefficient (Wildman–Crippen LogP) is 4.95. The molecule has 1 saturated carbocycles. The Bertz CT molecular complexity index is 484. The first-order valence-electron chi connectivity index (χ1n) is 11.5. The molecule has 3 rings (SSSR count). The molecule has 0 bridgehead atoms. The van der Waals surface area contributed by atoms with Crippen molar-refractivity contribution in [3.8, 4) is 0 Å². The molecule has 1 aliphatic carbocycles. The molecule has 0 aromatic rings. The second kappa shape index (κ2) is 9.26. The van der Waals surface area contributed by atoms with E-state index in [4.69, 9.17) is 9.47 Å². The molecule has 27 heavy (non-hydrogen) atoms. The minimum absolute atomic E-state index is 0.00527. The van der Waals surface area contributed by atoms with Crippen LogP contribution in [0.5, 0.6) is 0 Å². The normalized spacial score (nSPS) is 35.3. The average Bonchev–Trinajstić information content (AvgIpc) is 3.19. The minimum atomic E-state index is 0.00527. The van der Waals surface area contributed by atoms with Crippen LogP contribution in [0, 0.1) is 11.3 Å². The molecule has 2 saturated heterocycles. The maximum atomic E-state index is 12.3. The monoisotopic (exact) mass is 379 g/mol. The minimum Gasteiger partial charge on any atom is -0.376 e. The largest absolute Gasteiger partial charge is 0.376 e. The maximum absolute atomic E-state index is 12.3. The van der Waals surface area contributed by atoms with Gasteiger partial charge in [-0.15, -0.1) is 0 Å². The van der Waals surface area contributed by atoms with Crippen LogP contribution in [0.3, 0.4) is 0 Å². The van der Waals surface area contributed by atoms with Gasteiger partial charge in [0, 0.05) is 33.2 Å². The summed E-state index contributed by atoms with van der Waals surface area (Å²) in [6.07, 6.45) is 13.9. The average molecular weight is 380 g/mol. The fourth-order valence-electron chi connectivity index (χ4n) is 5.86. The highest BCUT2D eigenvalue weighted by Crippen LogP contribution is 2.52. The molecule has 156 valence electrons. The Morgan fingerprint density at radius 2 is 1.89 bits per heavy atom. The molecule has 0 spiro atoms. The van der Waals surface area contributed by atoms with Gasteiger partial charge in [-0.3, -0.25) is 4.79 Å². The topological polar surface area (TPSA) is 38.8 Å². The lowest BCUT2D eigenvalue weighted by molar-refractivity contribution is -0.145. The second-order valence-corrected chi connectivity index (χ2v) is 9.63.